The summed E-state index contributed by atoms with van der Waals surface area (Å²) < 4.78 is 6.09. The van der Waals surface area contributed by atoms with Gasteiger partial charge in [0.05, 0.1) is 6.61 Å². The van der Waals surface area contributed by atoms with Crippen molar-refractivity contribution in [3.8, 4) is 5.75 Å². The lowest BCUT2D eigenvalue weighted by Gasteiger charge is -2.29. The Morgan fingerprint density at radius 1 is 1.21 bits per heavy atom. The van der Waals surface area contributed by atoms with E-state index in [1.165, 1.54) is 5.56 Å². The molecule has 2 unspecified atom stereocenters. The summed E-state index contributed by atoms with van der Waals surface area (Å²) in [7, 11) is 0. The quantitative estimate of drug-likeness (QED) is 0.707. The van der Waals surface area contributed by atoms with E-state index in [-0.39, 0.29) is 5.41 Å². The van der Waals surface area contributed by atoms with Crippen molar-refractivity contribution in [1.29, 1.82) is 0 Å². The number of hydrogen-bond donors (Lipinski definition) is 1. The van der Waals surface area contributed by atoms with E-state index in [9.17, 15) is 0 Å². The first-order valence-corrected chi connectivity index (χ1v) is 7.86. The second kappa shape index (κ2) is 7.23. The SMILES string of the molecule is CCC(C)c1ccccc1OCC(CS)C(C)(C)C. The van der Waals surface area contributed by atoms with Crippen molar-refractivity contribution in [1.82, 2.24) is 0 Å². The summed E-state index contributed by atoms with van der Waals surface area (Å²) in [6.45, 7) is 11.9. The lowest BCUT2D eigenvalue weighted by molar-refractivity contribution is 0.164. The van der Waals surface area contributed by atoms with E-state index in [1.807, 2.05) is 6.07 Å². The van der Waals surface area contributed by atoms with Crippen LogP contribution >= 0.6 is 12.6 Å². The van der Waals surface area contributed by atoms with Gasteiger partial charge in [0, 0.05) is 5.92 Å². The molecular formula is C17H28OS. The summed E-state index contributed by atoms with van der Waals surface area (Å²) in [5, 5.41) is 0. The standard InChI is InChI=1S/C17H28OS/c1-6-13(2)15-9-7-8-10-16(15)18-11-14(12-19)17(3,4)5/h7-10,13-14,19H,6,11-12H2,1-5H3. The maximum Gasteiger partial charge on any atom is 0.122 e. The van der Waals surface area contributed by atoms with Gasteiger partial charge in [-0.25, -0.2) is 0 Å². The van der Waals surface area contributed by atoms with E-state index < -0.39 is 0 Å². The van der Waals surface area contributed by atoms with Gasteiger partial charge in [-0.1, -0.05) is 52.8 Å². The van der Waals surface area contributed by atoms with Crippen LogP contribution in [0, 0.1) is 11.3 Å². The molecule has 0 amide bonds. The summed E-state index contributed by atoms with van der Waals surface area (Å²) in [4.78, 5) is 0. The zero-order valence-electron chi connectivity index (χ0n) is 12.9. The van der Waals surface area contributed by atoms with Crippen molar-refractivity contribution in [3.63, 3.8) is 0 Å². The molecule has 0 radical (unpaired) electrons. The van der Waals surface area contributed by atoms with Crippen molar-refractivity contribution >= 4 is 12.6 Å². The molecule has 0 heterocycles. The first kappa shape index (κ1) is 16.4. The highest BCUT2D eigenvalue weighted by atomic mass is 32.1. The van der Waals surface area contributed by atoms with Crippen LogP contribution < -0.4 is 4.74 Å². The van der Waals surface area contributed by atoms with Crippen LogP contribution in [0.3, 0.4) is 0 Å². The number of hydrogen-bond acceptors (Lipinski definition) is 2. The van der Waals surface area contributed by atoms with Gasteiger partial charge in [-0.05, 0) is 35.1 Å². The molecule has 0 saturated carbocycles. The monoisotopic (exact) mass is 280 g/mol. The minimum absolute atomic E-state index is 0.229. The third-order valence-electron chi connectivity index (χ3n) is 3.95. The molecule has 0 N–H and O–H groups in total. The van der Waals surface area contributed by atoms with Gasteiger partial charge in [-0.2, -0.15) is 12.6 Å². The Balaban J connectivity index is 2.77. The third kappa shape index (κ3) is 4.76. The van der Waals surface area contributed by atoms with Crippen LogP contribution in [0.1, 0.15) is 52.5 Å². The fourth-order valence-corrected chi connectivity index (χ4v) is 2.66. The highest BCUT2D eigenvalue weighted by Gasteiger charge is 2.24. The highest BCUT2D eigenvalue weighted by molar-refractivity contribution is 7.80. The fourth-order valence-electron chi connectivity index (χ4n) is 2.01. The zero-order valence-corrected chi connectivity index (χ0v) is 13.8. The van der Waals surface area contributed by atoms with E-state index in [2.05, 4.69) is 65.4 Å². The molecule has 0 saturated heterocycles. The molecule has 0 aliphatic carbocycles. The molecule has 1 aromatic rings. The second-order valence-corrected chi connectivity index (χ2v) is 6.77. The molecule has 0 aromatic heterocycles. The average molecular weight is 280 g/mol. The molecule has 0 aliphatic heterocycles. The van der Waals surface area contributed by atoms with Crippen LogP contribution in [-0.2, 0) is 0 Å². The molecule has 19 heavy (non-hydrogen) atoms. The highest BCUT2D eigenvalue weighted by Crippen LogP contribution is 2.31. The molecule has 1 aromatic carbocycles. The van der Waals surface area contributed by atoms with Crippen LogP contribution in [0.4, 0.5) is 0 Å². The van der Waals surface area contributed by atoms with Gasteiger partial charge in [-0.3, -0.25) is 0 Å². The molecular weight excluding hydrogens is 252 g/mol. The van der Waals surface area contributed by atoms with Gasteiger partial charge in [0.25, 0.3) is 0 Å². The van der Waals surface area contributed by atoms with Crippen LogP contribution in [0.15, 0.2) is 24.3 Å². The third-order valence-corrected chi connectivity index (χ3v) is 4.39. The van der Waals surface area contributed by atoms with Gasteiger partial charge >= 0.3 is 0 Å². The van der Waals surface area contributed by atoms with Gasteiger partial charge in [-0.15, -0.1) is 0 Å². The topological polar surface area (TPSA) is 9.23 Å². The van der Waals surface area contributed by atoms with Crippen LogP contribution in [0.25, 0.3) is 0 Å². The maximum atomic E-state index is 6.09. The van der Waals surface area contributed by atoms with Gasteiger partial charge in [0.15, 0.2) is 0 Å². The Kier molecular flexibility index (Phi) is 6.25. The Morgan fingerprint density at radius 2 is 1.84 bits per heavy atom. The lowest BCUT2D eigenvalue weighted by Crippen LogP contribution is -2.28. The Labute approximate surface area is 124 Å². The molecule has 2 atom stereocenters. The molecule has 0 fully saturated rings. The zero-order chi connectivity index (χ0) is 14.5. The average Bonchev–Trinajstić information content (AvgIpc) is 2.37. The van der Waals surface area contributed by atoms with Gasteiger partial charge in [0.2, 0.25) is 0 Å². The normalized spacial score (nSPS) is 15.1. The fraction of sp³-hybridized carbons (Fsp3) is 0.647. The summed E-state index contributed by atoms with van der Waals surface area (Å²) >= 11 is 4.46. The van der Waals surface area contributed by atoms with Crippen LogP contribution in [0.2, 0.25) is 0 Å². The van der Waals surface area contributed by atoms with E-state index in [0.29, 0.717) is 11.8 Å². The Hall–Kier alpha value is -0.630. The maximum absolute atomic E-state index is 6.09. The van der Waals surface area contributed by atoms with Crippen molar-refractivity contribution in [2.45, 2.75) is 47.0 Å². The molecule has 108 valence electrons. The second-order valence-electron chi connectivity index (χ2n) is 6.40. The number of thiol groups is 1. The molecule has 1 rings (SSSR count). The van der Waals surface area contributed by atoms with E-state index >= 15 is 0 Å². The number of rotatable bonds is 6. The van der Waals surface area contributed by atoms with Crippen molar-refractivity contribution < 1.29 is 4.74 Å². The molecule has 0 aliphatic rings. The Morgan fingerprint density at radius 3 is 2.37 bits per heavy atom. The summed E-state index contributed by atoms with van der Waals surface area (Å²) in [5.74, 6) is 2.89. The van der Waals surface area contributed by atoms with Crippen LogP contribution in [0.5, 0.6) is 5.75 Å². The molecule has 1 nitrogen and oxygen atoms in total. The summed E-state index contributed by atoms with van der Waals surface area (Å²) in [6.07, 6.45) is 1.13. The van der Waals surface area contributed by atoms with Crippen molar-refractivity contribution in [3.05, 3.63) is 29.8 Å². The lowest BCUT2D eigenvalue weighted by atomic mass is 9.82. The number of para-hydroxylation sites is 1. The smallest absolute Gasteiger partial charge is 0.122 e. The number of benzene rings is 1. The first-order valence-electron chi connectivity index (χ1n) is 7.22. The summed E-state index contributed by atoms with van der Waals surface area (Å²) in [5.41, 5.74) is 1.55. The number of ether oxygens (including phenoxy) is 1. The summed E-state index contributed by atoms with van der Waals surface area (Å²) in [6, 6.07) is 8.40. The minimum atomic E-state index is 0.229. The Bertz CT molecular complexity index is 381. The molecule has 2 heteroatoms. The largest absolute Gasteiger partial charge is 0.493 e. The van der Waals surface area contributed by atoms with E-state index in [1.54, 1.807) is 0 Å². The van der Waals surface area contributed by atoms with Gasteiger partial charge < -0.3 is 4.74 Å². The predicted molar refractivity (Wildman–Crippen MR) is 87.4 cm³/mol. The molecule has 0 spiro atoms. The van der Waals surface area contributed by atoms with E-state index in [0.717, 1.165) is 24.5 Å². The van der Waals surface area contributed by atoms with Crippen LogP contribution in [-0.4, -0.2) is 12.4 Å². The minimum Gasteiger partial charge on any atom is -0.493 e. The first-order chi connectivity index (χ1) is 8.90. The molecule has 0 bridgehead atoms. The van der Waals surface area contributed by atoms with E-state index in [4.69, 9.17) is 4.74 Å². The van der Waals surface area contributed by atoms with Gasteiger partial charge in [0.1, 0.15) is 5.75 Å². The van der Waals surface area contributed by atoms with Crippen molar-refractivity contribution in [2.75, 3.05) is 12.4 Å². The predicted octanol–water partition coefficient (Wildman–Crippen LogP) is 5.17. The van der Waals surface area contributed by atoms with Crippen molar-refractivity contribution in [2.24, 2.45) is 11.3 Å².